The van der Waals surface area contributed by atoms with Crippen LogP contribution < -0.4 is 5.32 Å². The number of nitrogens with one attached hydrogen (secondary N) is 1. The smallest absolute Gasteiger partial charge is 0.220 e. The van der Waals surface area contributed by atoms with Gasteiger partial charge in [0.25, 0.3) is 0 Å². The standard InChI is InChI=1S/C25H34N2O2/c1-21-11-13-23(14-12-21)24(27-16-5-6-17-27)20-26-25(28)10-7-18-29-19-15-22-8-3-2-4-9-22/h2-4,8-9,11-14,24H,5-7,10,15-20H2,1H3,(H,26,28). The van der Waals surface area contributed by atoms with Crippen LogP contribution in [0.3, 0.4) is 0 Å². The van der Waals surface area contributed by atoms with Crippen molar-refractivity contribution in [2.75, 3.05) is 32.8 Å². The molecular formula is C25H34N2O2. The number of rotatable bonds is 11. The van der Waals surface area contributed by atoms with E-state index in [1.54, 1.807) is 0 Å². The summed E-state index contributed by atoms with van der Waals surface area (Å²) in [5.74, 6) is 0.118. The van der Waals surface area contributed by atoms with Gasteiger partial charge in [-0.1, -0.05) is 60.2 Å². The molecule has 3 rings (SSSR count). The van der Waals surface area contributed by atoms with Gasteiger partial charge in [-0.05, 0) is 56.8 Å². The van der Waals surface area contributed by atoms with Crippen LogP contribution in [0.4, 0.5) is 0 Å². The molecule has 0 saturated carbocycles. The molecule has 1 N–H and O–H groups in total. The second kappa shape index (κ2) is 11.7. The molecule has 1 aliphatic rings. The maximum absolute atomic E-state index is 12.3. The highest BCUT2D eigenvalue weighted by Gasteiger charge is 2.23. The molecule has 1 heterocycles. The minimum atomic E-state index is 0.118. The molecule has 0 aliphatic carbocycles. The first-order valence-electron chi connectivity index (χ1n) is 10.9. The van der Waals surface area contributed by atoms with Gasteiger partial charge in [0, 0.05) is 19.6 Å². The van der Waals surface area contributed by atoms with E-state index in [0.29, 0.717) is 26.2 Å². The van der Waals surface area contributed by atoms with Crippen LogP contribution in [-0.4, -0.2) is 43.7 Å². The van der Waals surface area contributed by atoms with Gasteiger partial charge in [-0.2, -0.15) is 0 Å². The van der Waals surface area contributed by atoms with Crippen molar-refractivity contribution < 1.29 is 9.53 Å². The molecule has 2 aromatic carbocycles. The van der Waals surface area contributed by atoms with Gasteiger partial charge in [-0.3, -0.25) is 9.69 Å². The lowest BCUT2D eigenvalue weighted by atomic mass is 10.0. The molecule has 1 aliphatic heterocycles. The van der Waals surface area contributed by atoms with Crippen molar-refractivity contribution in [1.29, 1.82) is 0 Å². The molecule has 2 aromatic rings. The van der Waals surface area contributed by atoms with Crippen molar-refractivity contribution >= 4 is 5.91 Å². The third kappa shape index (κ3) is 7.30. The molecule has 4 heteroatoms. The minimum Gasteiger partial charge on any atom is -0.381 e. The molecule has 0 spiro atoms. The minimum absolute atomic E-state index is 0.118. The van der Waals surface area contributed by atoms with E-state index in [-0.39, 0.29) is 11.9 Å². The molecule has 1 saturated heterocycles. The van der Waals surface area contributed by atoms with Crippen LogP contribution in [0.15, 0.2) is 54.6 Å². The molecule has 1 atom stereocenters. The highest BCUT2D eigenvalue weighted by atomic mass is 16.5. The third-order valence-corrected chi connectivity index (χ3v) is 5.61. The predicted molar refractivity (Wildman–Crippen MR) is 118 cm³/mol. The summed E-state index contributed by atoms with van der Waals surface area (Å²) >= 11 is 0. The van der Waals surface area contributed by atoms with Crippen molar-refractivity contribution in [3.8, 4) is 0 Å². The Bertz CT molecular complexity index is 724. The zero-order valence-corrected chi connectivity index (χ0v) is 17.6. The van der Waals surface area contributed by atoms with Crippen molar-refractivity contribution in [2.24, 2.45) is 0 Å². The summed E-state index contributed by atoms with van der Waals surface area (Å²) < 4.78 is 5.69. The van der Waals surface area contributed by atoms with Gasteiger partial charge in [0.1, 0.15) is 0 Å². The quantitative estimate of drug-likeness (QED) is 0.578. The van der Waals surface area contributed by atoms with Crippen LogP contribution in [0.5, 0.6) is 0 Å². The lowest BCUT2D eigenvalue weighted by Crippen LogP contribution is -2.36. The zero-order valence-electron chi connectivity index (χ0n) is 17.6. The van der Waals surface area contributed by atoms with Gasteiger partial charge in [0.2, 0.25) is 5.91 Å². The predicted octanol–water partition coefficient (Wildman–Crippen LogP) is 4.29. The van der Waals surface area contributed by atoms with Crippen molar-refractivity contribution in [2.45, 2.75) is 45.1 Å². The van der Waals surface area contributed by atoms with Crippen molar-refractivity contribution in [3.05, 3.63) is 71.3 Å². The van der Waals surface area contributed by atoms with E-state index >= 15 is 0 Å². The molecule has 1 fully saturated rings. The summed E-state index contributed by atoms with van der Waals surface area (Å²) in [4.78, 5) is 14.8. The molecule has 29 heavy (non-hydrogen) atoms. The zero-order chi connectivity index (χ0) is 20.3. The lowest BCUT2D eigenvalue weighted by molar-refractivity contribution is -0.121. The Morgan fingerprint density at radius 1 is 1.03 bits per heavy atom. The average molecular weight is 395 g/mol. The number of carbonyl (C=O) groups excluding carboxylic acids is 1. The Morgan fingerprint density at radius 3 is 2.48 bits per heavy atom. The third-order valence-electron chi connectivity index (χ3n) is 5.61. The van der Waals surface area contributed by atoms with Crippen LogP contribution in [0, 0.1) is 6.92 Å². The Balaban J connectivity index is 1.35. The molecule has 156 valence electrons. The van der Waals surface area contributed by atoms with Gasteiger partial charge in [-0.25, -0.2) is 0 Å². The van der Waals surface area contributed by atoms with E-state index in [1.807, 2.05) is 18.2 Å². The van der Waals surface area contributed by atoms with Crippen molar-refractivity contribution in [1.82, 2.24) is 10.2 Å². The second-order valence-electron chi connectivity index (χ2n) is 7.93. The average Bonchev–Trinajstić information content (AvgIpc) is 3.27. The number of carbonyl (C=O) groups is 1. The van der Waals surface area contributed by atoms with Crippen LogP contribution in [0.1, 0.15) is 48.4 Å². The Kier molecular flexibility index (Phi) is 8.72. The number of ether oxygens (including phenoxy) is 1. The Morgan fingerprint density at radius 2 is 1.76 bits per heavy atom. The Hall–Kier alpha value is -2.17. The van der Waals surface area contributed by atoms with Crippen LogP contribution in [0.2, 0.25) is 0 Å². The van der Waals surface area contributed by atoms with Crippen LogP contribution in [0.25, 0.3) is 0 Å². The largest absolute Gasteiger partial charge is 0.381 e. The van der Waals surface area contributed by atoms with E-state index in [2.05, 4.69) is 53.5 Å². The number of hydrogen-bond acceptors (Lipinski definition) is 3. The number of benzene rings is 2. The number of hydrogen-bond donors (Lipinski definition) is 1. The Labute approximate surface area is 175 Å². The fraction of sp³-hybridized carbons (Fsp3) is 0.480. The highest BCUT2D eigenvalue weighted by molar-refractivity contribution is 5.75. The molecule has 0 aromatic heterocycles. The van der Waals surface area contributed by atoms with Crippen molar-refractivity contribution in [3.63, 3.8) is 0 Å². The molecule has 1 amide bonds. The van der Waals surface area contributed by atoms with Gasteiger partial charge >= 0.3 is 0 Å². The maximum Gasteiger partial charge on any atom is 0.220 e. The lowest BCUT2D eigenvalue weighted by Gasteiger charge is -2.28. The molecule has 4 nitrogen and oxygen atoms in total. The van der Waals surface area contributed by atoms with E-state index in [0.717, 1.165) is 25.9 Å². The van der Waals surface area contributed by atoms with Crippen LogP contribution >= 0.6 is 0 Å². The number of likely N-dealkylation sites (tertiary alicyclic amines) is 1. The first kappa shape index (κ1) is 21.5. The molecule has 0 bridgehead atoms. The number of aryl methyl sites for hydroxylation is 1. The number of nitrogens with zero attached hydrogens (tertiary/aromatic N) is 1. The number of amides is 1. The topological polar surface area (TPSA) is 41.6 Å². The normalized spacial score (nSPS) is 15.3. The summed E-state index contributed by atoms with van der Waals surface area (Å²) in [6, 6.07) is 19.3. The first-order chi connectivity index (χ1) is 14.2. The SMILES string of the molecule is Cc1ccc(C(CNC(=O)CCCOCCc2ccccc2)N2CCCC2)cc1. The molecule has 0 radical (unpaired) electrons. The molecular weight excluding hydrogens is 360 g/mol. The monoisotopic (exact) mass is 394 g/mol. The molecule has 1 unspecified atom stereocenters. The van der Waals surface area contributed by atoms with Gasteiger partial charge in [-0.15, -0.1) is 0 Å². The second-order valence-corrected chi connectivity index (χ2v) is 7.93. The van der Waals surface area contributed by atoms with Gasteiger partial charge in [0.15, 0.2) is 0 Å². The fourth-order valence-corrected chi connectivity index (χ4v) is 3.87. The summed E-state index contributed by atoms with van der Waals surface area (Å²) in [6.07, 6.45) is 4.69. The highest BCUT2D eigenvalue weighted by Crippen LogP contribution is 2.25. The summed E-state index contributed by atoms with van der Waals surface area (Å²) in [7, 11) is 0. The summed E-state index contributed by atoms with van der Waals surface area (Å²) in [6.45, 7) is 6.35. The van der Waals surface area contributed by atoms with E-state index in [4.69, 9.17) is 4.74 Å². The van der Waals surface area contributed by atoms with E-state index in [1.165, 1.54) is 29.5 Å². The van der Waals surface area contributed by atoms with E-state index in [9.17, 15) is 4.79 Å². The van der Waals surface area contributed by atoms with Gasteiger partial charge < -0.3 is 10.1 Å². The van der Waals surface area contributed by atoms with Gasteiger partial charge in [0.05, 0.1) is 12.6 Å². The fourth-order valence-electron chi connectivity index (χ4n) is 3.87. The maximum atomic E-state index is 12.3. The first-order valence-corrected chi connectivity index (χ1v) is 10.9. The van der Waals surface area contributed by atoms with Crippen LogP contribution in [-0.2, 0) is 16.0 Å². The van der Waals surface area contributed by atoms with E-state index < -0.39 is 0 Å². The summed E-state index contributed by atoms with van der Waals surface area (Å²) in [5, 5.41) is 3.15. The summed E-state index contributed by atoms with van der Waals surface area (Å²) in [5.41, 5.74) is 3.85.